The second kappa shape index (κ2) is 8.70. The molecule has 6 rings (SSSR count). The number of benzene rings is 1. The largest absolute Gasteiger partial charge is 0.494 e. The molecule has 2 aliphatic heterocycles. The van der Waals surface area contributed by atoms with E-state index in [1.807, 2.05) is 37.3 Å². The van der Waals surface area contributed by atoms with E-state index in [-0.39, 0.29) is 11.1 Å². The molecule has 0 radical (unpaired) electrons. The van der Waals surface area contributed by atoms with Gasteiger partial charge in [-0.25, -0.2) is 4.98 Å². The molecule has 1 spiro atoms. The highest BCUT2D eigenvalue weighted by Crippen LogP contribution is 2.43. The summed E-state index contributed by atoms with van der Waals surface area (Å²) in [5, 5.41) is 12.8. The molecule has 2 unspecified atom stereocenters. The lowest BCUT2D eigenvalue weighted by atomic mass is 9.97. The molecule has 2 aliphatic rings. The topological polar surface area (TPSA) is 67.6 Å². The normalized spacial score (nSPS) is 21.7. The SMILES string of the molecule is CCOc1ccc2ccc(-c3nnc4ccc(C(N5CCC6(CCCN6)C5)C(F)(F)F)cn34)nc2c1. The van der Waals surface area contributed by atoms with Gasteiger partial charge in [-0.15, -0.1) is 10.2 Å². The number of hydrogen-bond acceptors (Lipinski definition) is 6. The summed E-state index contributed by atoms with van der Waals surface area (Å²) in [6.45, 7) is 4.11. The van der Waals surface area contributed by atoms with E-state index in [1.54, 1.807) is 15.4 Å². The summed E-state index contributed by atoms with van der Waals surface area (Å²) in [5.74, 6) is 1.10. The third-order valence-electron chi connectivity index (χ3n) is 7.34. The minimum absolute atomic E-state index is 0.172. The Labute approximate surface area is 206 Å². The van der Waals surface area contributed by atoms with Gasteiger partial charge in [0.05, 0.1) is 12.1 Å². The zero-order valence-electron chi connectivity index (χ0n) is 19.9. The van der Waals surface area contributed by atoms with Crippen LogP contribution in [0.15, 0.2) is 48.7 Å². The van der Waals surface area contributed by atoms with E-state index in [0.717, 1.165) is 31.2 Å². The second-order valence-corrected chi connectivity index (χ2v) is 9.67. The quantitative estimate of drug-likeness (QED) is 0.429. The van der Waals surface area contributed by atoms with Crippen molar-refractivity contribution in [2.24, 2.45) is 0 Å². The third-order valence-corrected chi connectivity index (χ3v) is 7.34. The van der Waals surface area contributed by atoms with Gasteiger partial charge in [0, 0.05) is 36.3 Å². The monoisotopic (exact) mass is 496 g/mol. The first-order valence-corrected chi connectivity index (χ1v) is 12.3. The fraction of sp³-hybridized carbons (Fsp3) is 0.423. The summed E-state index contributed by atoms with van der Waals surface area (Å²) in [6.07, 6.45) is -0.252. The number of likely N-dealkylation sites (tertiary alicyclic amines) is 1. The van der Waals surface area contributed by atoms with E-state index in [9.17, 15) is 13.2 Å². The minimum atomic E-state index is -4.41. The lowest BCUT2D eigenvalue weighted by Gasteiger charge is -2.32. The Morgan fingerprint density at radius 1 is 1.11 bits per heavy atom. The third kappa shape index (κ3) is 4.08. The zero-order valence-corrected chi connectivity index (χ0v) is 19.9. The summed E-state index contributed by atoms with van der Waals surface area (Å²) in [6, 6.07) is 10.8. The molecule has 2 atom stereocenters. The van der Waals surface area contributed by atoms with Crippen LogP contribution in [0.4, 0.5) is 13.2 Å². The molecule has 4 aromatic rings. The van der Waals surface area contributed by atoms with E-state index in [4.69, 9.17) is 9.72 Å². The molecular weight excluding hydrogens is 469 g/mol. The zero-order chi connectivity index (χ0) is 24.9. The Hall–Kier alpha value is -3.24. The van der Waals surface area contributed by atoms with Gasteiger partial charge in [0.15, 0.2) is 11.5 Å². The Kier molecular flexibility index (Phi) is 5.60. The molecular formula is C26H27F3N6O. The van der Waals surface area contributed by atoms with Crippen LogP contribution in [0.2, 0.25) is 0 Å². The van der Waals surface area contributed by atoms with Crippen LogP contribution in [0.5, 0.6) is 5.75 Å². The van der Waals surface area contributed by atoms with Crippen molar-refractivity contribution in [3.63, 3.8) is 0 Å². The summed E-state index contributed by atoms with van der Waals surface area (Å²) in [5.41, 5.74) is 1.68. The van der Waals surface area contributed by atoms with Crippen molar-refractivity contribution in [3.05, 3.63) is 54.2 Å². The van der Waals surface area contributed by atoms with Crippen molar-refractivity contribution < 1.29 is 17.9 Å². The van der Waals surface area contributed by atoms with Gasteiger partial charge >= 0.3 is 6.18 Å². The van der Waals surface area contributed by atoms with Crippen LogP contribution >= 0.6 is 0 Å². The van der Waals surface area contributed by atoms with Gasteiger partial charge < -0.3 is 10.1 Å². The van der Waals surface area contributed by atoms with Crippen LogP contribution in [-0.2, 0) is 0 Å². The van der Waals surface area contributed by atoms with Gasteiger partial charge in [0.2, 0.25) is 0 Å². The number of nitrogens with one attached hydrogen (secondary N) is 1. The number of rotatable bonds is 5. The molecule has 2 saturated heterocycles. The predicted molar refractivity (Wildman–Crippen MR) is 130 cm³/mol. The van der Waals surface area contributed by atoms with Crippen molar-refractivity contribution in [1.82, 2.24) is 29.8 Å². The molecule has 188 valence electrons. The lowest BCUT2D eigenvalue weighted by Crippen LogP contribution is -2.45. The molecule has 3 aromatic heterocycles. The summed E-state index contributed by atoms with van der Waals surface area (Å²) in [7, 11) is 0. The highest BCUT2D eigenvalue weighted by Gasteiger charge is 2.50. The van der Waals surface area contributed by atoms with Crippen molar-refractivity contribution in [3.8, 4) is 17.3 Å². The molecule has 5 heterocycles. The van der Waals surface area contributed by atoms with E-state index in [2.05, 4.69) is 15.5 Å². The fourth-order valence-corrected chi connectivity index (χ4v) is 5.67. The molecule has 1 aromatic carbocycles. The van der Waals surface area contributed by atoms with E-state index in [1.165, 1.54) is 12.3 Å². The van der Waals surface area contributed by atoms with E-state index < -0.39 is 12.2 Å². The van der Waals surface area contributed by atoms with Gasteiger partial charge in [-0.2, -0.15) is 13.2 Å². The molecule has 0 aliphatic carbocycles. The van der Waals surface area contributed by atoms with Gasteiger partial charge in [0.1, 0.15) is 17.5 Å². The highest BCUT2D eigenvalue weighted by molar-refractivity contribution is 5.82. The molecule has 0 bridgehead atoms. The number of fused-ring (bicyclic) bond motifs is 2. The van der Waals surface area contributed by atoms with Crippen LogP contribution < -0.4 is 10.1 Å². The number of alkyl halides is 3. The standard InChI is InChI=1S/C26H27F3N6O/c1-2-36-19-7-4-17-5-8-20(31-21(17)14-19)24-33-32-22-9-6-18(15-35(22)24)23(26(27,28)29)34-13-11-25(16-34)10-3-12-30-25/h4-9,14-15,23,30H,2-3,10-13,16H2,1H3. The number of halogens is 3. The lowest BCUT2D eigenvalue weighted by molar-refractivity contribution is -0.184. The fourth-order valence-electron chi connectivity index (χ4n) is 5.67. The maximum atomic E-state index is 14.4. The van der Waals surface area contributed by atoms with Gasteiger partial charge in [-0.1, -0.05) is 12.1 Å². The van der Waals surface area contributed by atoms with Crippen LogP contribution in [0.25, 0.3) is 28.1 Å². The first-order valence-electron chi connectivity index (χ1n) is 12.3. The number of ether oxygens (including phenoxy) is 1. The van der Waals surface area contributed by atoms with Gasteiger partial charge in [-0.05, 0) is 62.6 Å². The molecule has 10 heteroatoms. The van der Waals surface area contributed by atoms with Crippen molar-refractivity contribution in [2.45, 2.75) is 43.9 Å². The van der Waals surface area contributed by atoms with E-state index >= 15 is 0 Å². The van der Waals surface area contributed by atoms with Crippen LogP contribution in [0.3, 0.4) is 0 Å². The van der Waals surface area contributed by atoms with Crippen LogP contribution in [0.1, 0.15) is 37.8 Å². The Morgan fingerprint density at radius 3 is 2.75 bits per heavy atom. The van der Waals surface area contributed by atoms with Crippen LogP contribution in [-0.4, -0.2) is 62.4 Å². The Bertz CT molecular complexity index is 1410. The molecule has 1 N–H and O–H groups in total. The average Bonchev–Trinajstić information content (AvgIpc) is 3.59. The number of hydrogen-bond donors (Lipinski definition) is 1. The van der Waals surface area contributed by atoms with E-state index in [0.29, 0.717) is 48.1 Å². The van der Waals surface area contributed by atoms with Crippen LogP contribution in [0, 0.1) is 0 Å². The molecule has 36 heavy (non-hydrogen) atoms. The summed E-state index contributed by atoms with van der Waals surface area (Å²) < 4.78 is 50.5. The molecule has 0 amide bonds. The van der Waals surface area contributed by atoms with Gasteiger partial charge in [0.25, 0.3) is 0 Å². The molecule has 0 saturated carbocycles. The number of pyridine rings is 2. The summed E-state index contributed by atoms with van der Waals surface area (Å²) in [4.78, 5) is 6.28. The van der Waals surface area contributed by atoms with Crippen molar-refractivity contribution in [2.75, 3.05) is 26.2 Å². The first kappa shape index (κ1) is 23.2. The smallest absolute Gasteiger partial charge is 0.408 e. The molecule has 2 fully saturated rings. The highest BCUT2D eigenvalue weighted by atomic mass is 19.4. The predicted octanol–water partition coefficient (Wildman–Crippen LogP) is 4.77. The van der Waals surface area contributed by atoms with Crippen molar-refractivity contribution in [1.29, 1.82) is 0 Å². The Balaban J connectivity index is 1.39. The molecule has 7 nitrogen and oxygen atoms in total. The number of aromatic nitrogens is 4. The summed E-state index contributed by atoms with van der Waals surface area (Å²) >= 11 is 0. The Morgan fingerprint density at radius 2 is 1.97 bits per heavy atom. The van der Waals surface area contributed by atoms with Crippen molar-refractivity contribution >= 4 is 16.6 Å². The average molecular weight is 497 g/mol. The van der Waals surface area contributed by atoms with Gasteiger partial charge in [-0.3, -0.25) is 9.30 Å². The maximum Gasteiger partial charge on any atom is 0.408 e. The second-order valence-electron chi connectivity index (χ2n) is 9.67. The number of nitrogens with zero attached hydrogens (tertiary/aromatic N) is 5. The minimum Gasteiger partial charge on any atom is -0.494 e. The first-order chi connectivity index (χ1) is 17.4. The maximum absolute atomic E-state index is 14.4.